The van der Waals surface area contributed by atoms with E-state index in [2.05, 4.69) is 16.0 Å². The summed E-state index contributed by atoms with van der Waals surface area (Å²) in [6.07, 6.45) is 0. The first-order valence-electron chi connectivity index (χ1n) is 8.50. The Labute approximate surface area is 161 Å². The van der Waals surface area contributed by atoms with Gasteiger partial charge in [0.15, 0.2) is 6.61 Å². The molecule has 27 heavy (non-hydrogen) atoms. The molecule has 1 aliphatic rings. The number of urea groups is 1. The zero-order chi connectivity index (χ0) is 20.0. The summed E-state index contributed by atoms with van der Waals surface area (Å²) >= 11 is 1.25. The van der Waals surface area contributed by atoms with Crippen molar-refractivity contribution in [1.29, 1.82) is 0 Å². The Morgan fingerprint density at radius 1 is 1.26 bits per heavy atom. The van der Waals surface area contributed by atoms with Gasteiger partial charge in [-0.2, -0.15) is 0 Å². The summed E-state index contributed by atoms with van der Waals surface area (Å²) < 4.78 is 5.08. The Morgan fingerprint density at radius 2 is 1.96 bits per heavy atom. The van der Waals surface area contributed by atoms with Gasteiger partial charge in [0, 0.05) is 17.2 Å². The maximum Gasteiger partial charge on any atom is 0.339 e. The van der Waals surface area contributed by atoms with Crippen LogP contribution in [0.5, 0.6) is 0 Å². The molecule has 1 heterocycles. The van der Waals surface area contributed by atoms with Crippen molar-refractivity contribution >= 4 is 35.6 Å². The van der Waals surface area contributed by atoms with E-state index < -0.39 is 23.4 Å². The molecule has 0 bridgehead atoms. The van der Waals surface area contributed by atoms with Gasteiger partial charge in [-0.3, -0.25) is 14.9 Å². The third-order valence-corrected chi connectivity index (χ3v) is 5.17. The number of rotatable bonds is 8. The maximum atomic E-state index is 12.3. The number of thioether (sulfide) groups is 1. The van der Waals surface area contributed by atoms with Crippen LogP contribution >= 0.6 is 11.8 Å². The van der Waals surface area contributed by atoms with E-state index in [1.807, 2.05) is 13.8 Å². The number of hydrogen-bond acceptors (Lipinski definition) is 6. The minimum absolute atomic E-state index is 0.240. The number of nitrogens with one attached hydrogen (secondary N) is 3. The molecule has 1 aliphatic heterocycles. The topological polar surface area (TPSA) is 114 Å². The molecule has 0 aromatic heterocycles. The summed E-state index contributed by atoms with van der Waals surface area (Å²) in [6.45, 7) is 5.69. The molecule has 0 saturated carbocycles. The smallest absolute Gasteiger partial charge is 0.339 e. The SMILES string of the molecule is CC(C)CNC(=O)COC(=O)c1ccccc1SC[C@]1(C)NC(=O)NC1=O. The highest BCUT2D eigenvalue weighted by molar-refractivity contribution is 7.99. The Hall–Kier alpha value is -2.55. The zero-order valence-electron chi connectivity index (χ0n) is 15.5. The Morgan fingerprint density at radius 3 is 2.59 bits per heavy atom. The van der Waals surface area contributed by atoms with Crippen molar-refractivity contribution in [2.24, 2.45) is 5.92 Å². The number of imide groups is 1. The largest absolute Gasteiger partial charge is 0.452 e. The number of hydrogen-bond donors (Lipinski definition) is 3. The quantitative estimate of drug-likeness (QED) is 0.349. The lowest BCUT2D eigenvalue weighted by Gasteiger charge is -2.20. The molecule has 0 spiro atoms. The second kappa shape index (κ2) is 8.90. The van der Waals surface area contributed by atoms with E-state index in [0.717, 1.165) is 0 Å². The maximum absolute atomic E-state index is 12.3. The van der Waals surface area contributed by atoms with Crippen LogP contribution in [-0.4, -0.2) is 48.3 Å². The molecule has 146 valence electrons. The van der Waals surface area contributed by atoms with Crippen LogP contribution in [0.15, 0.2) is 29.2 Å². The van der Waals surface area contributed by atoms with Crippen molar-refractivity contribution in [2.45, 2.75) is 31.2 Å². The van der Waals surface area contributed by atoms with Crippen LogP contribution < -0.4 is 16.0 Å². The molecular formula is C18H23N3O5S. The van der Waals surface area contributed by atoms with Crippen molar-refractivity contribution < 1.29 is 23.9 Å². The molecule has 1 saturated heterocycles. The highest BCUT2D eigenvalue weighted by Gasteiger charge is 2.41. The fourth-order valence-corrected chi connectivity index (χ4v) is 3.37. The third-order valence-electron chi connectivity index (χ3n) is 3.78. The molecule has 8 nitrogen and oxygen atoms in total. The molecule has 0 radical (unpaired) electrons. The average Bonchev–Trinajstić information content (AvgIpc) is 2.88. The van der Waals surface area contributed by atoms with Crippen LogP contribution in [0, 0.1) is 5.92 Å². The van der Waals surface area contributed by atoms with Gasteiger partial charge in [-0.05, 0) is 25.0 Å². The molecule has 2 rings (SSSR count). The molecule has 1 fully saturated rings. The van der Waals surface area contributed by atoms with Gasteiger partial charge in [-0.25, -0.2) is 9.59 Å². The van der Waals surface area contributed by atoms with Gasteiger partial charge >= 0.3 is 12.0 Å². The van der Waals surface area contributed by atoms with E-state index in [9.17, 15) is 19.2 Å². The lowest BCUT2D eigenvalue weighted by atomic mass is 10.1. The molecule has 3 N–H and O–H groups in total. The monoisotopic (exact) mass is 393 g/mol. The zero-order valence-corrected chi connectivity index (χ0v) is 16.3. The minimum Gasteiger partial charge on any atom is -0.452 e. The van der Waals surface area contributed by atoms with Crippen molar-refractivity contribution in [3.05, 3.63) is 29.8 Å². The normalized spacial score (nSPS) is 18.8. The van der Waals surface area contributed by atoms with Gasteiger partial charge in [0.2, 0.25) is 0 Å². The van der Waals surface area contributed by atoms with E-state index in [0.29, 0.717) is 22.9 Å². The fraction of sp³-hybridized carbons (Fsp3) is 0.444. The van der Waals surface area contributed by atoms with E-state index >= 15 is 0 Å². The van der Waals surface area contributed by atoms with Gasteiger partial charge in [-0.15, -0.1) is 11.8 Å². The molecule has 0 aliphatic carbocycles. The van der Waals surface area contributed by atoms with Crippen molar-refractivity contribution in [3.8, 4) is 0 Å². The standard InChI is InChI=1S/C18H23N3O5S/c1-11(2)8-19-14(22)9-26-15(23)12-6-4-5-7-13(12)27-10-18(3)16(24)20-17(25)21-18/h4-7,11H,8-10H2,1-3H3,(H,19,22)(H2,20,21,24,25)/t18-/m0/s1. The van der Waals surface area contributed by atoms with Crippen LogP contribution in [0.3, 0.4) is 0 Å². The molecule has 0 unspecified atom stereocenters. The van der Waals surface area contributed by atoms with Gasteiger partial charge in [0.05, 0.1) is 5.56 Å². The fourth-order valence-electron chi connectivity index (χ4n) is 2.24. The lowest BCUT2D eigenvalue weighted by molar-refractivity contribution is -0.124. The van der Waals surface area contributed by atoms with Crippen molar-refractivity contribution in [3.63, 3.8) is 0 Å². The summed E-state index contributed by atoms with van der Waals surface area (Å²) in [4.78, 5) is 47.9. The number of ether oxygens (including phenoxy) is 1. The van der Waals surface area contributed by atoms with Crippen LogP contribution in [0.2, 0.25) is 0 Å². The van der Waals surface area contributed by atoms with E-state index in [1.54, 1.807) is 31.2 Å². The second-order valence-electron chi connectivity index (χ2n) is 6.80. The molecule has 9 heteroatoms. The van der Waals surface area contributed by atoms with Crippen molar-refractivity contribution in [1.82, 2.24) is 16.0 Å². The molecule has 4 amide bonds. The summed E-state index contributed by atoms with van der Waals surface area (Å²) in [6, 6.07) is 6.21. The lowest BCUT2D eigenvalue weighted by Crippen LogP contribution is -2.46. The van der Waals surface area contributed by atoms with Crippen LogP contribution in [0.4, 0.5) is 4.79 Å². The predicted molar refractivity (Wildman–Crippen MR) is 100 cm³/mol. The Bertz CT molecular complexity index is 752. The molecule has 1 atom stereocenters. The van der Waals surface area contributed by atoms with Crippen molar-refractivity contribution in [2.75, 3.05) is 18.9 Å². The number of carbonyl (C=O) groups is 4. The highest BCUT2D eigenvalue weighted by Crippen LogP contribution is 2.28. The minimum atomic E-state index is -1.06. The van der Waals surface area contributed by atoms with Gasteiger partial charge in [-0.1, -0.05) is 26.0 Å². The second-order valence-corrected chi connectivity index (χ2v) is 7.82. The predicted octanol–water partition coefficient (Wildman–Crippen LogP) is 1.31. The van der Waals surface area contributed by atoms with Crippen LogP contribution in [0.25, 0.3) is 0 Å². The third kappa shape index (κ3) is 5.72. The summed E-state index contributed by atoms with van der Waals surface area (Å²) in [5.41, 5.74) is -0.761. The molecule has 1 aromatic rings. The first kappa shape index (κ1) is 20.8. The Balaban J connectivity index is 1.96. The highest BCUT2D eigenvalue weighted by atomic mass is 32.2. The van der Waals surface area contributed by atoms with Crippen LogP contribution in [-0.2, 0) is 14.3 Å². The first-order chi connectivity index (χ1) is 12.7. The summed E-state index contributed by atoms with van der Waals surface area (Å²) in [5, 5.41) is 7.44. The first-order valence-corrected chi connectivity index (χ1v) is 9.49. The van der Waals surface area contributed by atoms with Gasteiger partial charge < -0.3 is 15.4 Å². The number of amides is 4. The summed E-state index contributed by atoms with van der Waals surface area (Å²) in [7, 11) is 0. The van der Waals surface area contributed by atoms with Gasteiger partial charge in [0.1, 0.15) is 5.54 Å². The number of carbonyl (C=O) groups excluding carboxylic acids is 4. The van der Waals surface area contributed by atoms with Gasteiger partial charge in [0.25, 0.3) is 11.8 Å². The number of benzene rings is 1. The summed E-state index contributed by atoms with van der Waals surface area (Å²) in [5.74, 6) is -0.856. The van der Waals surface area contributed by atoms with E-state index in [-0.39, 0.29) is 18.3 Å². The van der Waals surface area contributed by atoms with E-state index in [1.165, 1.54) is 11.8 Å². The number of esters is 1. The Kier molecular flexibility index (Phi) is 6.84. The van der Waals surface area contributed by atoms with Crippen LogP contribution in [0.1, 0.15) is 31.1 Å². The van der Waals surface area contributed by atoms with E-state index in [4.69, 9.17) is 4.74 Å². The molecule has 1 aromatic carbocycles. The average molecular weight is 393 g/mol. The molecular weight excluding hydrogens is 370 g/mol.